The van der Waals surface area contributed by atoms with Crippen molar-refractivity contribution in [3.05, 3.63) is 65.0 Å². The molecule has 1 aliphatic heterocycles. The number of aromatic nitrogens is 2. The molecular formula is C19H16N4O6S. The summed E-state index contributed by atoms with van der Waals surface area (Å²) in [5, 5.41) is 11.9. The summed E-state index contributed by atoms with van der Waals surface area (Å²) in [7, 11) is -3.82. The van der Waals surface area contributed by atoms with Gasteiger partial charge in [0.25, 0.3) is 5.56 Å². The topological polar surface area (TPSA) is 143 Å². The Balaban J connectivity index is 1.51. The van der Waals surface area contributed by atoms with Gasteiger partial charge in [-0.2, -0.15) is 5.10 Å². The predicted molar refractivity (Wildman–Crippen MR) is 107 cm³/mol. The molecule has 1 aromatic heterocycles. The SMILES string of the molecule is NS(=O)(=O)c1ccc(NC(=O)Cn2nc(-c3ccc4c(c3)OCO4)ccc2=O)cc1. The van der Waals surface area contributed by atoms with Crippen molar-refractivity contribution >= 4 is 21.6 Å². The number of fused-ring (bicyclic) bond motifs is 1. The average Bonchev–Trinajstić information content (AvgIpc) is 3.17. The van der Waals surface area contributed by atoms with E-state index in [0.29, 0.717) is 28.4 Å². The number of sulfonamides is 1. The van der Waals surface area contributed by atoms with Crippen molar-refractivity contribution < 1.29 is 22.7 Å². The number of hydrogen-bond donors (Lipinski definition) is 2. The fourth-order valence-electron chi connectivity index (χ4n) is 2.84. The summed E-state index contributed by atoms with van der Waals surface area (Å²) in [6.45, 7) is -0.182. The van der Waals surface area contributed by atoms with E-state index in [2.05, 4.69) is 10.4 Å². The molecule has 0 aliphatic carbocycles. The van der Waals surface area contributed by atoms with Crippen LogP contribution in [-0.4, -0.2) is 30.9 Å². The zero-order chi connectivity index (χ0) is 21.3. The van der Waals surface area contributed by atoms with Crippen LogP contribution in [0, 0.1) is 0 Å². The molecule has 0 bridgehead atoms. The minimum absolute atomic E-state index is 0.0742. The Hall–Kier alpha value is -3.70. The molecule has 3 N–H and O–H groups in total. The van der Waals surface area contributed by atoms with E-state index in [9.17, 15) is 18.0 Å². The van der Waals surface area contributed by atoms with E-state index < -0.39 is 21.5 Å². The molecule has 30 heavy (non-hydrogen) atoms. The minimum Gasteiger partial charge on any atom is -0.454 e. The largest absolute Gasteiger partial charge is 0.454 e. The summed E-state index contributed by atoms with van der Waals surface area (Å²) in [6, 6.07) is 13.5. The highest BCUT2D eigenvalue weighted by Crippen LogP contribution is 2.35. The molecule has 0 atom stereocenters. The third-order valence-electron chi connectivity index (χ3n) is 4.29. The molecule has 1 aliphatic rings. The first-order chi connectivity index (χ1) is 14.3. The molecule has 0 saturated heterocycles. The van der Waals surface area contributed by atoms with Crippen molar-refractivity contribution in [2.24, 2.45) is 5.14 Å². The first-order valence-electron chi connectivity index (χ1n) is 8.70. The van der Waals surface area contributed by atoms with E-state index >= 15 is 0 Å². The maximum atomic E-state index is 12.3. The Labute approximate surface area is 170 Å². The lowest BCUT2D eigenvalue weighted by atomic mass is 10.1. The summed E-state index contributed by atoms with van der Waals surface area (Å²) in [5.41, 5.74) is 1.09. The number of nitrogens with one attached hydrogen (secondary N) is 1. The van der Waals surface area contributed by atoms with Crippen LogP contribution in [0.2, 0.25) is 0 Å². The van der Waals surface area contributed by atoms with Gasteiger partial charge in [-0.25, -0.2) is 18.2 Å². The van der Waals surface area contributed by atoms with E-state index in [1.54, 1.807) is 24.3 Å². The van der Waals surface area contributed by atoms with E-state index in [4.69, 9.17) is 14.6 Å². The van der Waals surface area contributed by atoms with E-state index in [1.165, 1.54) is 30.3 Å². The van der Waals surface area contributed by atoms with Crippen LogP contribution >= 0.6 is 0 Å². The molecule has 3 aromatic rings. The zero-order valence-electron chi connectivity index (χ0n) is 15.4. The van der Waals surface area contributed by atoms with Gasteiger partial charge in [0.15, 0.2) is 11.5 Å². The highest BCUT2D eigenvalue weighted by molar-refractivity contribution is 7.89. The molecule has 0 unspecified atom stereocenters. The molecule has 2 heterocycles. The van der Waals surface area contributed by atoms with Gasteiger partial charge in [-0.1, -0.05) is 0 Å². The van der Waals surface area contributed by atoms with Gasteiger partial charge in [0, 0.05) is 17.3 Å². The molecule has 0 spiro atoms. The molecule has 1 amide bonds. The van der Waals surface area contributed by atoms with Gasteiger partial charge in [0.2, 0.25) is 22.7 Å². The molecule has 4 rings (SSSR count). The molecule has 11 heteroatoms. The van der Waals surface area contributed by atoms with Crippen LogP contribution in [0.4, 0.5) is 5.69 Å². The number of primary sulfonamides is 1. The maximum absolute atomic E-state index is 12.3. The number of carbonyl (C=O) groups excluding carboxylic acids is 1. The molecular weight excluding hydrogens is 412 g/mol. The molecule has 0 fully saturated rings. The maximum Gasteiger partial charge on any atom is 0.267 e. The lowest BCUT2D eigenvalue weighted by molar-refractivity contribution is -0.117. The average molecular weight is 428 g/mol. The van der Waals surface area contributed by atoms with Crippen LogP contribution in [0.5, 0.6) is 11.5 Å². The van der Waals surface area contributed by atoms with Crippen molar-refractivity contribution in [1.82, 2.24) is 9.78 Å². The van der Waals surface area contributed by atoms with Gasteiger partial charge >= 0.3 is 0 Å². The quantitative estimate of drug-likeness (QED) is 0.615. The third-order valence-corrected chi connectivity index (χ3v) is 5.22. The van der Waals surface area contributed by atoms with Gasteiger partial charge in [-0.05, 0) is 48.5 Å². The normalized spacial score (nSPS) is 12.6. The summed E-state index contributed by atoms with van der Waals surface area (Å²) in [5.74, 6) is 0.698. The number of rotatable bonds is 5. The Morgan fingerprint density at radius 1 is 1.07 bits per heavy atom. The van der Waals surface area contributed by atoms with Crippen LogP contribution in [0.25, 0.3) is 11.3 Å². The highest BCUT2D eigenvalue weighted by Gasteiger charge is 2.15. The second-order valence-corrected chi connectivity index (χ2v) is 7.96. The number of benzene rings is 2. The van der Waals surface area contributed by atoms with Gasteiger partial charge < -0.3 is 14.8 Å². The number of ether oxygens (including phenoxy) is 2. The van der Waals surface area contributed by atoms with Gasteiger partial charge in [-0.3, -0.25) is 9.59 Å². The second-order valence-electron chi connectivity index (χ2n) is 6.40. The van der Waals surface area contributed by atoms with Crippen molar-refractivity contribution in [3.8, 4) is 22.8 Å². The van der Waals surface area contributed by atoms with Crippen molar-refractivity contribution in [3.63, 3.8) is 0 Å². The number of nitrogens with two attached hydrogens (primary N) is 1. The Morgan fingerprint density at radius 3 is 2.53 bits per heavy atom. The number of hydrogen-bond acceptors (Lipinski definition) is 7. The minimum atomic E-state index is -3.82. The summed E-state index contributed by atoms with van der Waals surface area (Å²) >= 11 is 0. The Morgan fingerprint density at radius 2 is 1.80 bits per heavy atom. The molecule has 10 nitrogen and oxygen atoms in total. The third kappa shape index (κ3) is 4.16. The monoisotopic (exact) mass is 428 g/mol. The zero-order valence-corrected chi connectivity index (χ0v) is 16.3. The number of nitrogens with zero attached hydrogens (tertiary/aromatic N) is 2. The molecule has 0 saturated carbocycles. The first kappa shape index (κ1) is 19.6. The van der Waals surface area contributed by atoms with Gasteiger partial charge in [-0.15, -0.1) is 0 Å². The van der Waals surface area contributed by atoms with Crippen LogP contribution in [0.3, 0.4) is 0 Å². The van der Waals surface area contributed by atoms with Crippen LogP contribution in [0.1, 0.15) is 0 Å². The fraction of sp³-hybridized carbons (Fsp3) is 0.105. The molecule has 154 valence electrons. The van der Waals surface area contributed by atoms with Crippen LogP contribution < -0.4 is 25.5 Å². The first-order valence-corrected chi connectivity index (χ1v) is 10.3. The van der Waals surface area contributed by atoms with Gasteiger partial charge in [0.1, 0.15) is 6.54 Å². The highest BCUT2D eigenvalue weighted by atomic mass is 32.2. The summed E-state index contributed by atoms with van der Waals surface area (Å²) < 4.78 is 34.2. The summed E-state index contributed by atoms with van der Waals surface area (Å²) in [4.78, 5) is 24.4. The van der Waals surface area contributed by atoms with E-state index in [0.717, 1.165) is 4.68 Å². The summed E-state index contributed by atoms with van der Waals surface area (Å²) in [6.07, 6.45) is 0. The van der Waals surface area contributed by atoms with Crippen molar-refractivity contribution in [1.29, 1.82) is 0 Å². The smallest absolute Gasteiger partial charge is 0.267 e. The van der Waals surface area contributed by atoms with Crippen LogP contribution in [-0.2, 0) is 21.4 Å². The van der Waals surface area contributed by atoms with E-state index in [-0.39, 0.29) is 18.2 Å². The lowest BCUT2D eigenvalue weighted by Gasteiger charge is -2.09. The standard InChI is InChI=1S/C19H16N4O6S/c20-30(26,27)14-4-2-13(3-5-14)21-18(24)10-23-19(25)8-6-15(22-23)12-1-7-16-17(9-12)29-11-28-16/h1-9H,10-11H2,(H,21,24)(H2,20,26,27). The molecule has 0 radical (unpaired) electrons. The number of carbonyl (C=O) groups is 1. The van der Waals surface area contributed by atoms with Crippen molar-refractivity contribution in [2.45, 2.75) is 11.4 Å². The lowest BCUT2D eigenvalue weighted by Crippen LogP contribution is -2.29. The fourth-order valence-corrected chi connectivity index (χ4v) is 3.35. The molecule has 2 aromatic carbocycles. The number of anilines is 1. The predicted octanol–water partition coefficient (Wildman–Crippen LogP) is 0.925. The Bertz CT molecular complexity index is 1290. The van der Waals surface area contributed by atoms with Crippen molar-refractivity contribution in [2.75, 3.05) is 12.1 Å². The number of amides is 1. The van der Waals surface area contributed by atoms with Crippen LogP contribution in [0.15, 0.2) is 64.3 Å². The Kier molecular flexibility index (Phi) is 4.98. The van der Waals surface area contributed by atoms with Gasteiger partial charge in [0.05, 0.1) is 10.6 Å². The van der Waals surface area contributed by atoms with E-state index in [1.807, 2.05) is 0 Å². The second kappa shape index (κ2) is 7.61.